The van der Waals surface area contributed by atoms with Gasteiger partial charge in [-0.3, -0.25) is 19.3 Å². The van der Waals surface area contributed by atoms with Crippen molar-refractivity contribution in [2.45, 2.75) is 39.2 Å². The maximum Gasteiger partial charge on any atom is 0.414 e. The molecule has 2 N–H and O–H groups in total. The molecule has 0 saturated carbocycles. The van der Waals surface area contributed by atoms with E-state index < -0.39 is 36.3 Å². The summed E-state index contributed by atoms with van der Waals surface area (Å²) in [4.78, 5) is 49.3. The molecule has 0 spiro atoms. The van der Waals surface area contributed by atoms with Gasteiger partial charge in [-0.15, -0.1) is 0 Å². The first-order valence-electron chi connectivity index (χ1n) is 11.1. The van der Waals surface area contributed by atoms with Crippen LogP contribution >= 0.6 is 0 Å². The van der Waals surface area contributed by atoms with Gasteiger partial charge in [0.15, 0.2) is 5.82 Å². The number of carbonyl (C=O) groups is 4. The van der Waals surface area contributed by atoms with Crippen LogP contribution in [-0.4, -0.2) is 68.5 Å². The SMILES string of the molecule is CCOC(=O)CC(=O)N(N=C1CCNCC1)c1ccc(N2CC(CNC(C)=O)OC2=O)cc1F. The molecule has 11 nitrogen and oxygen atoms in total. The molecule has 12 heteroatoms. The number of halogens is 1. The zero-order valence-corrected chi connectivity index (χ0v) is 19.1. The number of ether oxygens (including phenoxy) is 2. The van der Waals surface area contributed by atoms with Crippen molar-refractivity contribution in [3.8, 4) is 0 Å². The van der Waals surface area contributed by atoms with Crippen LogP contribution in [-0.2, 0) is 23.9 Å². The molecule has 1 aromatic rings. The number of hydrazone groups is 1. The number of hydrogen-bond donors (Lipinski definition) is 2. The van der Waals surface area contributed by atoms with E-state index in [2.05, 4.69) is 15.7 Å². The molecule has 1 unspecified atom stereocenters. The highest BCUT2D eigenvalue weighted by Crippen LogP contribution is 2.29. The van der Waals surface area contributed by atoms with Crippen LogP contribution in [0.4, 0.5) is 20.6 Å². The molecule has 0 bridgehead atoms. The third-order valence-electron chi connectivity index (χ3n) is 5.18. The standard InChI is InChI=1S/C22H28FN5O6/c1-3-33-21(31)11-20(30)28(26-15-6-8-24-9-7-15)19-5-4-16(10-18(19)23)27-13-17(34-22(27)32)12-25-14(2)29/h4-5,10,17,24H,3,6-9,11-13H2,1-2H3,(H,25,29). The Balaban J connectivity index is 1.82. The van der Waals surface area contributed by atoms with Crippen LogP contribution in [0.2, 0.25) is 0 Å². The highest BCUT2D eigenvalue weighted by molar-refractivity contribution is 6.05. The van der Waals surface area contributed by atoms with Gasteiger partial charge in [0.2, 0.25) is 5.91 Å². The number of benzene rings is 1. The average Bonchev–Trinajstić information content (AvgIpc) is 3.17. The summed E-state index contributed by atoms with van der Waals surface area (Å²) in [5.41, 5.74) is 0.777. The lowest BCUT2D eigenvalue weighted by atomic mass is 10.1. The predicted molar refractivity (Wildman–Crippen MR) is 121 cm³/mol. The molecule has 2 saturated heterocycles. The van der Waals surface area contributed by atoms with Crippen LogP contribution in [0.25, 0.3) is 0 Å². The van der Waals surface area contributed by atoms with E-state index in [-0.39, 0.29) is 37.0 Å². The van der Waals surface area contributed by atoms with Crippen LogP contribution in [0.1, 0.15) is 33.1 Å². The van der Waals surface area contributed by atoms with E-state index in [1.165, 1.54) is 24.0 Å². The van der Waals surface area contributed by atoms with Crippen molar-refractivity contribution >= 4 is 41.0 Å². The van der Waals surface area contributed by atoms with Crippen molar-refractivity contribution in [3.05, 3.63) is 24.0 Å². The summed E-state index contributed by atoms with van der Waals surface area (Å²) in [7, 11) is 0. The molecular weight excluding hydrogens is 449 g/mol. The smallest absolute Gasteiger partial charge is 0.414 e. The number of piperidine rings is 1. The third-order valence-corrected chi connectivity index (χ3v) is 5.18. The molecule has 0 radical (unpaired) electrons. The molecule has 2 aliphatic rings. The van der Waals surface area contributed by atoms with Crippen LogP contribution in [0.5, 0.6) is 0 Å². The summed E-state index contributed by atoms with van der Waals surface area (Å²) in [6.07, 6.45) is -0.676. The molecule has 2 aliphatic heterocycles. The van der Waals surface area contributed by atoms with Gasteiger partial charge in [-0.05, 0) is 25.1 Å². The molecule has 0 aliphatic carbocycles. The summed E-state index contributed by atoms with van der Waals surface area (Å²) in [5.74, 6) is -2.52. The van der Waals surface area contributed by atoms with Crippen molar-refractivity contribution in [2.75, 3.05) is 42.7 Å². The number of anilines is 2. The Labute approximate surface area is 196 Å². The molecule has 184 valence electrons. The van der Waals surface area contributed by atoms with Gasteiger partial charge < -0.3 is 20.1 Å². The Bertz CT molecular complexity index is 977. The third kappa shape index (κ3) is 6.50. The monoisotopic (exact) mass is 477 g/mol. The number of cyclic esters (lactones) is 1. The Morgan fingerprint density at radius 1 is 1.32 bits per heavy atom. The second kappa shape index (κ2) is 11.5. The first-order chi connectivity index (χ1) is 16.3. The molecule has 1 aromatic carbocycles. The van der Waals surface area contributed by atoms with E-state index in [4.69, 9.17) is 9.47 Å². The number of nitrogens with one attached hydrogen (secondary N) is 2. The maximum atomic E-state index is 15.2. The van der Waals surface area contributed by atoms with Gasteiger partial charge >= 0.3 is 12.1 Å². The van der Waals surface area contributed by atoms with Gasteiger partial charge in [0.05, 0.1) is 25.4 Å². The van der Waals surface area contributed by atoms with Gasteiger partial charge in [0.1, 0.15) is 18.2 Å². The fourth-order valence-electron chi connectivity index (χ4n) is 3.54. The lowest BCUT2D eigenvalue weighted by molar-refractivity contribution is -0.145. The number of nitrogens with zero attached hydrogens (tertiary/aromatic N) is 3. The number of hydrogen-bond acceptors (Lipinski definition) is 8. The topological polar surface area (TPSA) is 130 Å². The number of rotatable bonds is 8. The van der Waals surface area contributed by atoms with Gasteiger partial charge in [-0.25, -0.2) is 9.18 Å². The summed E-state index contributed by atoms with van der Waals surface area (Å²) >= 11 is 0. The van der Waals surface area contributed by atoms with E-state index in [1.54, 1.807) is 6.92 Å². The van der Waals surface area contributed by atoms with E-state index in [0.717, 1.165) is 11.1 Å². The summed E-state index contributed by atoms with van der Waals surface area (Å²) < 4.78 is 25.3. The predicted octanol–water partition coefficient (Wildman–Crippen LogP) is 1.31. The van der Waals surface area contributed by atoms with Crippen molar-refractivity contribution in [1.82, 2.24) is 10.6 Å². The van der Waals surface area contributed by atoms with Gasteiger partial charge in [-0.2, -0.15) is 10.1 Å². The minimum absolute atomic E-state index is 0.115. The molecule has 3 amide bonds. The lowest BCUT2D eigenvalue weighted by Crippen LogP contribution is -2.34. The Morgan fingerprint density at radius 2 is 2.06 bits per heavy atom. The van der Waals surface area contributed by atoms with E-state index in [1.807, 2.05) is 0 Å². The molecule has 34 heavy (non-hydrogen) atoms. The number of carbonyl (C=O) groups excluding carboxylic acids is 4. The number of esters is 1. The molecule has 0 aromatic heterocycles. The summed E-state index contributed by atoms with van der Waals surface area (Å²) in [6, 6.07) is 3.89. The van der Waals surface area contributed by atoms with Crippen molar-refractivity contribution in [3.63, 3.8) is 0 Å². The average molecular weight is 477 g/mol. The molecule has 3 rings (SSSR count). The Morgan fingerprint density at radius 3 is 2.71 bits per heavy atom. The molecule has 1 atom stereocenters. The maximum absolute atomic E-state index is 15.2. The fourth-order valence-corrected chi connectivity index (χ4v) is 3.54. The molecular formula is C22H28FN5O6. The molecule has 2 fully saturated rings. The van der Waals surface area contributed by atoms with Crippen molar-refractivity contribution in [2.24, 2.45) is 5.10 Å². The van der Waals surface area contributed by atoms with E-state index >= 15 is 4.39 Å². The zero-order chi connectivity index (χ0) is 24.7. The first kappa shape index (κ1) is 25.1. The highest BCUT2D eigenvalue weighted by atomic mass is 19.1. The minimum Gasteiger partial charge on any atom is -0.466 e. The Kier molecular flexibility index (Phi) is 8.52. The van der Waals surface area contributed by atoms with Crippen LogP contribution in [0.15, 0.2) is 23.3 Å². The lowest BCUT2D eigenvalue weighted by Gasteiger charge is -2.22. The normalized spacial score (nSPS) is 17.7. The first-order valence-corrected chi connectivity index (χ1v) is 11.1. The van der Waals surface area contributed by atoms with Gasteiger partial charge in [-0.1, -0.05) is 0 Å². The highest BCUT2D eigenvalue weighted by Gasteiger charge is 2.33. The van der Waals surface area contributed by atoms with E-state index in [0.29, 0.717) is 31.6 Å². The van der Waals surface area contributed by atoms with Crippen molar-refractivity contribution < 1.29 is 33.0 Å². The van der Waals surface area contributed by atoms with Crippen LogP contribution in [0, 0.1) is 5.82 Å². The quantitative estimate of drug-likeness (QED) is 0.328. The van der Waals surface area contributed by atoms with Gasteiger partial charge in [0, 0.05) is 38.6 Å². The fraction of sp³-hybridized carbons (Fsp3) is 0.500. The van der Waals surface area contributed by atoms with Crippen LogP contribution < -0.4 is 20.5 Å². The second-order valence-corrected chi connectivity index (χ2v) is 7.79. The van der Waals surface area contributed by atoms with Crippen molar-refractivity contribution in [1.29, 1.82) is 0 Å². The van der Waals surface area contributed by atoms with Gasteiger partial charge in [0.25, 0.3) is 5.91 Å². The minimum atomic E-state index is -0.800. The summed E-state index contributed by atoms with van der Waals surface area (Å²) in [5, 5.41) is 11.0. The van der Waals surface area contributed by atoms with Crippen LogP contribution in [0.3, 0.4) is 0 Å². The second-order valence-electron chi connectivity index (χ2n) is 7.79. The largest absolute Gasteiger partial charge is 0.466 e. The Hall–Kier alpha value is -3.54. The zero-order valence-electron chi connectivity index (χ0n) is 19.1. The number of amides is 3. The molecule has 2 heterocycles. The van der Waals surface area contributed by atoms with E-state index in [9.17, 15) is 19.2 Å². The summed E-state index contributed by atoms with van der Waals surface area (Å²) in [6.45, 7) is 4.71.